The molecule has 0 amide bonds. The lowest BCUT2D eigenvalue weighted by Crippen LogP contribution is -2.15. The molecule has 0 radical (unpaired) electrons. The van der Waals surface area contributed by atoms with Crippen LogP contribution in [0.15, 0.2) is 40.9 Å². The van der Waals surface area contributed by atoms with E-state index in [0.29, 0.717) is 26.5 Å². The summed E-state index contributed by atoms with van der Waals surface area (Å²) in [6.07, 6.45) is 0.495. The van der Waals surface area contributed by atoms with E-state index in [2.05, 4.69) is 15.9 Å². The summed E-state index contributed by atoms with van der Waals surface area (Å²) in [6, 6.07) is 9.74. The lowest BCUT2D eigenvalue weighted by molar-refractivity contribution is 0.579. The molecule has 0 heterocycles. The van der Waals surface area contributed by atoms with Crippen LogP contribution in [-0.2, 0) is 6.42 Å². The number of hydrogen-bond donors (Lipinski definition) is 1. The minimum atomic E-state index is -0.426. The van der Waals surface area contributed by atoms with Crippen LogP contribution in [0.3, 0.4) is 0 Å². The van der Waals surface area contributed by atoms with Crippen LogP contribution in [0.2, 0.25) is 10.0 Å². The highest BCUT2D eigenvalue weighted by Gasteiger charge is 2.13. The Morgan fingerprint density at radius 3 is 2.47 bits per heavy atom. The SMILES string of the molecule is NC(Cc1ccc(Cl)c(Cl)c1)c1ccc(Br)cc1F. The summed E-state index contributed by atoms with van der Waals surface area (Å²) in [5.74, 6) is -0.318. The van der Waals surface area contributed by atoms with Gasteiger partial charge in [0, 0.05) is 16.1 Å². The summed E-state index contributed by atoms with van der Waals surface area (Å²) in [4.78, 5) is 0. The third kappa shape index (κ3) is 3.69. The van der Waals surface area contributed by atoms with Crippen LogP contribution in [0, 0.1) is 5.82 Å². The molecule has 2 rings (SSSR count). The van der Waals surface area contributed by atoms with Gasteiger partial charge in [0.05, 0.1) is 10.0 Å². The molecule has 0 aliphatic rings. The summed E-state index contributed by atoms with van der Waals surface area (Å²) < 4.78 is 14.5. The Labute approximate surface area is 129 Å². The molecule has 0 bridgehead atoms. The number of halogens is 4. The lowest BCUT2D eigenvalue weighted by atomic mass is 9.99. The fourth-order valence-electron chi connectivity index (χ4n) is 1.83. The molecule has 1 unspecified atom stereocenters. The van der Waals surface area contributed by atoms with Crippen LogP contribution in [0.5, 0.6) is 0 Å². The second-order valence-corrected chi connectivity index (χ2v) is 5.95. The smallest absolute Gasteiger partial charge is 0.129 e. The van der Waals surface area contributed by atoms with Gasteiger partial charge in [-0.2, -0.15) is 0 Å². The summed E-state index contributed by atoms with van der Waals surface area (Å²) in [5.41, 5.74) is 7.44. The largest absolute Gasteiger partial charge is 0.324 e. The Bertz CT molecular complexity index is 604. The predicted octanol–water partition coefficient (Wildman–Crippen LogP) is 5.14. The second kappa shape index (κ2) is 6.23. The number of hydrogen-bond acceptors (Lipinski definition) is 1. The quantitative estimate of drug-likeness (QED) is 0.803. The Morgan fingerprint density at radius 1 is 1.11 bits per heavy atom. The van der Waals surface area contributed by atoms with E-state index in [9.17, 15) is 4.39 Å². The molecule has 19 heavy (non-hydrogen) atoms. The fraction of sp³-hybridized carbons (Fsp3) is 0.143. The Hall–Kier alpha value is -0.610. The third-order valence-corrected chi connectivity index (χ3v) is 4.03. The maximum absolute atomic E-state index is 13.8. The number of rotatable bonds is 3. The summed E-state index contributed by atoms with van der Waals surface area (Å²) in [6.45, 7) is 0. The molecule has 0 saturated heterocycles. The van der Waals surface area contributed by atoms with Crippen LogP contribution in [0.1, 0.15) is 17.2 Å². The molecule has 2 aromatic rings. The molecular formula is C14H11BrCl2FN. The van der Waals surface area contributed by atoms with Crippen molar-refractivity contribution in [1.29, 1.82) is 0 Å². The normalized spacial score (nSPS) is 12.5. The number of nitrogens with two attached hydrogens (primary N) is 1. The molecule has 1 atom stereocenters. The van der Waals surface area contributed by atoms with Crippen LogP contribution in [0.25, 0.3) is 0 Å². The minimum absolute atomic E-state index is 0.318. The molecule has 0 fully saturated rings. The first-order chi connectivity index (χ1) is 8.97. The van der Waals surface area contributed by atoms with E-state index in [0.717, 1.165) is 5.56 Å². The minimum Gasteiger partial charge on any atom is -0.324 e. The maximum Gasteiger partial charge on any atom is 0.129 e. The Kier molecular flexibility index (Phi) is 4.85. The molecule has 0 saturated carbocycles. The molecule has 2 aromatic carbocycles. The Balaban J connectivity index is 2.20. The van der Waals surface area contributed by atoms with E-state index in [-0.39, 0.29) is 5.82 Å². The third-order valence-electron chi connectivity index (χ3n) is 2.80. The van der Waals surface area contributed by atoms with Gasteiger partial charge in [0.15, 0.2) is 0 Å². The van der Waals surface area contributed by atoms with Gasteiger partial charge in [-0.25, -0.2) is 4.39 Å². The lowest BCUT2D eigenvalue weighted by Gasteiger charge is -2.14. The highest BCUT2D eigenvalue weighted by Crippen LogP contribution is 2.26. The van der Waals surface area contributed by atoms with E-state index in [4.69, 9.17) is 28.9 Å². The molecule has 2 N–H and O–H groups in total. The molecule has 5 heteroatoms. The zero-order chi connectivity index (χ0) is 14.0. The molecule has 100 valence electrons. The van der Waals surface area contributed by atoms with Crippen molar-refractivity contribution in [2.75, 3.05) is 0 Å². The van der Waals surface area contributed by atoms with Gasteiger partial charge in [-0.15, -0.1) is 0 Å². The predicted molar refractivity (Wildman–Crippen MR) is 81.2 cm³/mol. The highest BCUT2D eigenvalue weighted by atomic mass is 79.9. The van der Waals surface area contributed by atoms with Gasteiger partial charge in [-0.05, 0) is 36.2 Å². The summed E-state index contributed by atoms with van der Waals surface area (Å²) >= 11 is 15.0. The van der Waals surface area contributed by atoms with E-state index in [1.54, 1.807) is 24.3 Å². The molecule has 0 aliphatic carbocycles. The number of benzene rings is 2. The van der Waals surface area contributed by atoms with Gasteiger partial charge in [0.25, 0.3) is 0 Å². The highest BCUT2D eigenvalue weighted by molar-refractivity contribution is 9.10. The fourth-order valence-corrected chi connectivity index (χ4v) is 2.49. The average molecular weight is 363 g/mol. The van der Waals surface area contributed by atoms with Crippen molar-refractivity contribution in [3.8, 4) is 0 Å². The monoisotopic (exact) mass is 361 g/mol. The van der Waals surface area contributed by atoms with Crippen LogP contribution in [-0.4, -0.2) is 0 Å². The van der Waals surface area contributed by atoms with Crippen LogP contribution < -0.4 is 5.73 Å². The van der Waals surface area contributed by atoms with E-state index in [1.807, 2.05) is 6.07 Å². The van der Waals surface area contributed by atoms with E-state index < -0.39 is 6.04 Å². The first kappa shape index (κ1) is 14.8. The van der Waals surface area contributed by atoms with Crippen molar-refractivity contribution < 1.29 is 4.39 Å². The Morgan fingerprint density at radius 2 is 1.84 bits per heavy atom. The van der Waals surface area contributed by atoms with Gasteiger partial charge in [0.1, 0.15) is 5.82 Å². The van der Waals surface area contributed by atoms with Crippen LogP contribution >= 0.6 is 39.1 Å². The zero-order valence-electron chi connectivity index (χ0n) is 9.84. The van der Waals surface area contributed by atoms with Crippen LogP contribution in [0.4, 0.5) is 4.39 Å². The summed E-state index contributed by atoms with van der Waals surface area (Å²) in [7, 11) is 0. The van der Waals surface area contributed by atoms with Crippen molar-refractivity contribution in [3.05, 3.63) is 67.9 Å². The van der Waals surface area contributed by atoms with E-state index in [1.165, 1.54) is 6.07 Å². The van der Waals surface area contributed by atoms with Gasteiger partial charge < -0.3 is 5.73 Å². The molecule has 1 nitrogen and oxygen atoms in total. The molecule has 0 spiro atoms. The van der Waals surface area contributed by atoms with Gasteiger partial charge in [-0.3, -0.25) is 0 Å². The first-order valence-corrected chi connectivity index (χ1v) is 7.16. The maximum atomic E-state index is 13.8. The van der Waals surface area contributed by atoms with Crippen molar-refractivity contribution in [3.63, 3.8) is 0 Å². The molecular weight excluding hydrogens is 352 g/mol. The van der Waals surface area contributed by atoms with Gasteiger partial charge in [-0.1, -0.05) is 51.3 Å². The van der Waals surface area contributed by atoms with Crippen molar-refractivity contribution in [2.45, 2.75) is 12.5 Å². The standard InChI is InChI=1S/C14H11BrCl2FN/c15-9-2-3-10(13(18)7-9)14(19)6-8-1-4-11(16)12(17)5-8/h1-5,7,14H,6,19H2. The van der Waals surface area contributed by atoms with Gasteiger partial charge in [0.2, 0.25) is 0 Å². The van der Waals surface area contributed by atoms with Crippen molar-refractivity contribution in [1.82, 2.24) is 0 Å². The van der Waals surface area contributed by atoms with Crippen molar-refractivity contribution in [2.24, 2.45) is 5.73 Å². The first-order valence-electron chi connectivity index (χ1n) is 5.62. The second-order valence-electron chi connectivity index (χ2n) is 4.22. The molecule has 0 aliphatic heterocycles. The topological polar surface area (TPSA) is 26.0 Å². The van der Waals surface area contributed by atoms with Gasteiger partial charge >= 0.3 is 0 Å². The average Bonchev–Trinajstić information content (AvgIpc) is 2.33. The summed E-state index contributed by atoms with van der Waals surface area (Å²) in [5, 5.41) is 0.969. The molecule has 0 aromatic heterocycles. The van der Waals surface area contributed by atoms with E-state index >= 15 is 0 Å². The zero-order valence-corrected chi connectivity index (χ0v) is 12.9. The van der Waals surface area contributed by atoms with Crippen molar-refractivity contribution >= 4 is 39.1 Å².